The van der Waals surface area contributed by atoms with E-state index in [-0.39, 0.29) is 6.04 Å². The Hall–Kier alpha value is -0.640. The fourth-order valence-corrected chi connectivity index (χ4v) is 3.47. The third-order valence-electron chi connectivity index (χ3n) is 2.79. The molecule has 0 aliphatic rings. The van der Waals surface area contributed by atoms with Gasteiger partial charge in [0, 0.05) is 9.35 Å². The maximum atomic E-state index is 3.64. The summed E-state index contributed by atoms with van der Waals surface area (Å²) in [4.78, 5) is 1.40. The van der Waals surface area contributed by atoms with Gasteiger partial charge < -0.3 is 5.32 Å². The van der Waals surface area contributed by atoms with Crippen LogP contribution in [0.5, 0.6) is 0 Å². The fraction of sp³-hybridized carbons (Fsp3) is 0.286. The van der Waals surface area contributed by atoms with Crippen molar-refractivity contribution < 1.29 is 0 Å². The molecule has 3 heteroatoms. The molecule has 1 heterocycles. The van der Waals surface area contributed by atoms with E-state index in [2.05, 4.69) is 70.8 Å². The van der Waals surface area contributed by atoms with Crippen LogP contribution >= 0.6 is 27.3 Å². The number of rotatable bonds is 4. The molecule has 0 spiro atoms. The molecule has 0 saturated carbocycles. The minimum absolute atomic E-state index is 0.288. The molecule has 0 saturated heterocycles. The van der Waals surface area contributed by atoms with E-state index >= 15 is 0 Å². The molecule has 0 fully saturated rings. The van der Waals surface area contributed by atoms with Gasteiger partial charge >= 0.3 is 0 Å². The number of halogens is 1. The highest BCUT2D eigenvalue weighted by molar-refractivity contribution is 9.10. The van der Waals surface area contributed by atoms with Crippen molar-refractivity contribution in [3.8, 4) is 0 Å². The Balaban J connectivity index is 2.43. The lowest BCUT2D eigenvalue weighted by molar-refractivity contribution is 0.635. The van der Waals surface area contributed by atoms with Gasteiger partial charge in [0.05, 0.1) is 6.04 Å². The summed E-state index contributed by atoms with van der Waals surface area (Å²) in [5, 5.41) is 5.72. The van der Waals surface area contributed by atoms with Crippen LogP contribution in [0.2, 0.25) is 0 Å². The summed E-state index contributed by atoms with van der Waals surface area (Å²) in [5.41, 5.74) is 2.66. The molecule has 1 N–H and O–H groups in total. The highest BCUT2D eigenvalue weighted by Gasteiger charge is 2.18. The van der Waals surface area contributed by atoms with Gasteiger partial charge in [-0.15, -0.1) is 11.3 Å². The van der Waals surface area contributed by atoms with Crippen LogP contribution in [0.25, 0.3) is 0 Å². The molecule has 1 atom stereocenters. The van der Waals surface area contributed by atoms with Crippen molar-refractivity contribution in [3.05, 3.63) is 56.2 Å². The Morgan fingerprint density at radius 2 is 2.06 bits per heavy atom. The minimum Gasteiger partial charge on any atom is -0.306 e. The number of benzene rings is 1. The first-order chi connectivity index (χ1) is 8.24. The predicted molar refractivity (Wildman–Crippen MR) is 78.7 cm³/mol. The standard InChI is InChI=1S/C14H16BrNS/c1-3-16-13(14-10(2)8-9-17-14)11-6-4-5-7-12(11)15/h4-9,13,16H,3H2,1-2H3. The molecule has 0 radical (unpaired) electrons. The van der Waals surface area contributed by atoms with Crippen molar-refractivity contribution in [2.24, 2.45) is 0 Å². The van der Waals surface area contributed by atoms with Crippen molar-refractivity contribution in [2.75, 3.05) is 6.54 Å². The summed E-state index contributed by atoms with van der Waals surface area (Å²) in [6.45, 7) is 5.28. The van der Waals surface area contributed by atoms with Gasteiger partial charge in [-0.3, -0.25) is 0 Å². The SMILES string of the molecule is CCNC(c1ccccc1Br)c1sccc1C. The average Bonchev–Trinajstić information content (AvgIpc) is 2.74. The number of nitrogens with one attached hydrogen (secondary N) is 1. The topological polar surface area (TPSA) is 12.0 Å². The Labute approximate surface area is 115 Å². The molecular weight excluding hydrogens is 294 g/mol. The molecule has 1 unspecified atom stereocenters. The van der Waals surface area contributed by atoms with Crippen LogP contribution in [0, 0.1) is 6.92 Å². The van der Waals surface area contributed by atoms with Crippen molar-refractivity contribution in [3.63, 3.8) is 0 Å². The zero-order valence-corrected chi connectivity index (χ0v) is 12.4. The van der Waals surface area contributed by atoms with E-state index in [1.165, 1.54) is 20.5 Å². The number of hydrogen-bond donors (Lipinski definition) is 1. The second-order valence-electron chi connectivity index (χ2n) is 3.98. The summed E-state index contributed by atoms with van der Waals surface area (Å²) >= 11 is 5.46. The maximum absolute atomic E-state index is 3.64. The third-order valence-corrected chi connectivity index (χ3v) is 4.59. The average molecular weight is 310 g/mol. The van der Waals surface area contributed by atoms with Crippen molar-refractivity contribution in [2.45, 2.75) is 19.9 Å². The summed E-state index contributed by atoms with van der Waals surface area (Å²) in [6, 6.07) is 10.9. The highest BCUT2D eigenvalue weighted by atomic mass is 79.9. The Morgan fingerprint density at radius 3 is 2.65 bits per heavy atom. The normalized spacial score (nSPS) is 12.6. The van der Waals surface area contributed by atoms with Crippen molar-refractivity contribution in [1.82, 2.24) is 5.32 Å². The molecule has 1 aromatic carbocycles. The second-order valence-corrected chi connectivity index (χ2v) is 5.78. The summed E-state index contributed by atoms with van der Waals surface area (Å²) in [7, 11) is 0. The first kappa shape index (κ1) is 12.8. The summed E-state index contributed by atoms with van der Waals surface area (Å²) < 4.78 is 1.17. The smallest absolute Gasteiger partial charge is 0.0684 e. The Kier molecular flexibility index (Phi) is 4.37. The van der Waals surface area contributed by atoms with Crippen LogP contribution < -0.4 is 5.32 Å². The molecule has 0 aliphatic carbocycles. The highest BCUT2D eigenvalue weighted by Crippen LogP contribution is 2.33. The maximum Gasteiger partial charge on any atom is 0.0684 e. The van der Waals surface area contributed by atoms with E-state index in [1.54, 1.807) is 0 Å². The predicted octanol–water partition coefficient (Wildman–Crippen LogP) is 4.52. The molecule has 1 aromatic heterocycles. The van der Waals surface area contributed by atoms with Crippen LogP contribution in [-0.2, 0) is 0 Å². The lowest BCUT2D eigenvalue weighted by Gasteiger charge is -2.19. The minimum atomic E-state index is 0.288. The zero-order valence-electron chi connectivity index (χ0n) is 10.0. The Bertz CT molecular complexity index is 492. The lowest BCUT2D eigenvalue weighted by atomic mass is 10.0. The number of hydrogen-bond acceptors (Lipinski definition) is 2. The largest absolute Gasteiger partial charge is 0.306 e. The lowest BCUT2D eigenvalue weighted by Crippen LogP contribution is -2.22. The summed E-state index contributed by atoms with van der Waals surface area (Å²) in [5.74, 6) is 0. The summed E-state index contributed by atoms with van der Waals surface area (Å²) in [6.07, 6.45) is 0. The van der Waals surface area contributed by atoms with E-state index in [9.17, 15) is 0 Å². The quantitative estimate of drug-likeness (QED) is 0.875. The van der Waals surface area contributed by atoms with Crippen LogP contribution in [0.1, 0.15) is 29.0 Å². The van der Waals surface area contributed by atoms with E-state index in [0.717, 1.165) is 6.54 Å². The van der Waals surface area contributed by atoms with Crippen LogP contribution in [0.15, 0.2) is 40.2 Å². The van der Waals surface area contributed by atoms with Gasteiger partial charge in [0.15, 0.2) is 0 Å². The van der Waals surface area contributed by atoms with Gasteiger partial charge in [-0.1, -0.05) is 41.1 Å². The molecule has 2 aromatic rings. The number of aryl methyl sites for hydroxylation is 1. The molecule has 0 aliphatic heterocycles. The zero-order chi connectivity index (χ0) is 12.3. The molecule has 90 valence electrons. The van der Waals surface area contributed by atoms with E-state index < -0.39 is 0 Å². The van der Waals surface area contributed by atoms with Gasteiger partial charge in [-0.25, -0.2) is 0 Å². The second kappa shape index (κ2) is 5.80. The first-order valence-corrected chi connectivity index (χ1v) is 7.43. The van der Waals surface area contributed by atoms with Crippen LogP contribution in [0.4, 0.5) is 0 Å². The third kappa shape index (κ3) is 2.79. The van der Waals surface area contributed by atoms with Gasteiger partial charge in [0.2, 0.25) is 0 Å². The monoisotopic (exact) mass is 309 g/mol. The van der Waals surface area contributed by atoms with Crippen LogP contribution in [-0.4, -0.2) is 6.54 Å². The molecule has 0 amide bonds. The molecule has 2 rings (SSSR count). The van der Waals surface area contributed by atoms with Crippen molar-refractivity contribution in [1.29, 1.82) is 0 Å². The molecule has 1 nitrogen and oxygen atoms in total. The van der Waals surface area contributed by atoms with E-state index in [1.807, 2.05) is 11.3 Å². The molecule has 0 bridgehead atoms. The molecular formula is C14H16BrNS. The molecule has 17 heavy (non-hydrogen) atoms. The Morgan fingerprint density at radius 1 is 1.29 bits per heavy atom. The van der Waals surface area contributed by atoms with E-state index in [4.69, 9.17) is 0 Å². The fourth-order valence-electron chi connectivity index (χ4n) is 1.94. The van der Waals surface area contributed by atoms with E-state index in [0.29, 0.717) is 0 Å². The van der Waals surface area contributed by atoms with Gasteiger partial charge in [0.1, 0.15) is 0 Å². The first-order valence-electron chi connectivity index (χ1n) is 5.75. The van der Waals surface area contributed by atoms with Crippen molar-refractivity contribution >= 4 is 27.3 Å². The van der Waals surface area contributed by atoms with Gasteiger partial charge in [0.25, 0.3) is 0 Å². The van der Waals surface area contributed by atoms with Gasteiger partial charge in [-0.2, -0.15) is 0 Å². The van der Waals surface area contributed by atoms with Gasteiger partial charge in [-0.05, 0) is 42.1 Å². The number of thiophene rings is 1. The van der Waals surface area contributed by atoms with Crippen LogP contribution in [0.3, 0.4) is 0 Å².